The van der Waals surface area contributed by atoms with Crippen molar-refractivity contribution in [1.82, 2.24) is 10.3 Å². The predicted octanol–water partition coefficient (Wildman–Crippen LogP) is 4.12. The average molecular weight is 380 g/mol. The third-order valence-corrected chi connectivity index (χ3v) is 5.41. The number of aromatic nitrogens is 1. The number of nitrogens with one attached hydrogen (secondary N) is 1. The Labute approximate surface area is 160 Å². The number of benzene rings is 2. The number of pyridine rings is 1. The Kier molecular flexibility index (Phi) is 6.33. The minimum absolute atomic E-state index is 0.138. The number of hydrogen-bond acceptors (Lipinski definition) is 4. The summed E-state index contributed by atoms with van der Waals surface area (Å²) in [6.07, 6.45) is 0.959. The van der Waals surface area contributed by atoms with Gasteiger partial charge in [-0.25, -0.2) is 4.79 Å². The molecule has 1 N–H and O–H groups in total. The van der Waals surface area contributed by atoms with Crippen molar-refractivity contribution in [3.63, 3.8) is 0 Å². The molecule has 3 rings (SSSR count). The molecule has 1 aromatic heterocycles. The normalized spacial score (nSPS) is 12.8. The van der Waals surface area contributed by atoms with Gasteiger partial charge in [-0.2, -0.15) is 0 Å². The highest BCUT2D eigenvalue weighted by Gasteiger charge is 2.24. The fourth-order valence-electron chi connectivity index (χ4n) is 2.45. The van der Waals surface area contributed by atoms with Crippen LogP contribution in [-0.2, 0) is 22.1 Å². The van der Waals surface area contributed by atoms with Crippen LogP contribution in [0.5, 0.6) is 0 Å². The molecule has 27 heavy (non-hydrogen) atoms. The third-order valence-electron chi connectivity index (χ3n) is 3.89. The molecule has 2 aromatic carbocycles. The molecule has 0 fully saturated rings. The Morgan fingerprint density at radius 3 is 2.41 bits per heavy atom. The lowest BCUT2D eigenvalue weighted by Crippen LogP contribution is -2.32. The first-order valence-corrected chi connectivity index (χ1v) is 9.70. The standard InChI is InChI=1S/C21H20N2O3S/c1-16-10-12-18(13-11-16)27(25)20(19-9-5-6-14-22-19)23-21(24)26-15-17-7-3-2-4-8-17/h2-14,20H,15H2,1H3,(H,23,24). The fraction of sp³-hybridized carbons (Fsp3) is 0.143. The van der Waals surface area contributed by atoms with E-state index in [0.29, 0.717) is 10.6 Å². The second kappa shape index (κ2) is 9.09. The highest BCUT2D eigenvalue weighted by atomic mass is 32.2. The number of hydrogen-bond donors (Lipinski definition) is 1. The molecular weight excluding hydrogens is 360 g/mol. The molecule has 0 aliphatic carbocycles. The van der Waals surface area contributed by atoms with Crippen LogP contribution in [0.3, 0.4) is 0 Å². The molecule has 0 spiro atoms. The predicted molar refractivity (Wildman–Crippen MR) is 104 cm³/mol. The van der Waals surface area contributed by atoms with Gasteiger partial charge in [-0.15, -0.1) is 0 Å². The number of carbonyl (C=O) groups excluding carboxylic acids is 1. The maximum Gasteiger partial charge on any atom is 0.408 e. The Morgan fingerprint density at radius 2 is 1.74 bits per heavy atom. The molecule has 2 unspecified atom stereocenters. The van der Waals surface area contributed by atoms with E-state index in [1.165, 1.54) is 0 Å². The smallest absolute Gasteiger partial charge is 0.408 e. The molecule has 1 heterocycles. The van der Waals surface area contributed by atoms with Crippen LogP contribution in [-0.4, -0.2) is 15.3 Å². The topological polar surface area (TPSA) is 68.3 Å². The van der Waals surface area contributed by atoms with Gasteiger partial charge in [0, 0.05) is 11.1 Å². The lowest BCUT2D eigenvalue weighted by Gasteiger charge is -2.18. The van der Waals surface area contributed by atoms with Crippen molar-refractivity contribution in [3.8, 4) is 0 Å². The largest absolute Gasteiger partial charge is 0.445 e. The molecule has 5 nitrogen and oxygen atoms in total. The Hall–Kier alpha value is -2.99. The summed E-state index contributed by atoms with van der Waals surface area (Å²) in [5.41, 5.74) is 2.45. The van der Waals surface area contributed by atoms with Crippen molar-refractivity contribution >= 4 is 16.9 Å². The summed E-state index contributed by atoms with van der Waals surface area (Å²) in [5.74, 6) is 0. The van der Waals surface area contributed by atoms with E-state index in [4.69, 9.17) is 4.74 Å². The zero-order valence-corrected chi connectivity index (χ0v) is 15.7. The summed E-state index contributed by atoms with van der Waals surface area (Å²) in [6, 6.07) is 22.0. The van der Waals surface area contributed by atoms with Gasteiger partial charge in [-0.05, 0) is 36.8 Å². The zero-order chi connectivity index (χ0) is 19.1. The second-order valence-electron chi connectivity index (χ2n) is 5.95. The molecule has 0 radical (unpaired) electrons. The van der Waals surface area contributed by atoms with Crippen LogP contribution in [0.25, 0.3) is 0 Å². The van der Waals surface area contributed by atoms with Crippen LogP contribution < -0.4 is 5.32 Å². The van der Waals surface area contributed by atoms with E-state index in [1.807, 2.05) is 49.4 Å². The van der Waals surface area contributed by atoms with E-state index in [2.05, 4.69) is 10.3 Å². The molecule has 0 bridgehead atoms. The van der Waals surface area contributed by atoms with Crippen molar-refractivity contribution in [2.45, 2.75) is 23.8 Å². The van der Waals surface area contributed by atoms with Crippen LogP contribution in [0.2, 0.25) is 0 Å². The quantitative estimate of drug-likeness (QED) is 0.698. The maximum atomic E-state index is 13.1. The van der Waals surface area contributed by atoms with E-state index in [0.717, 1.165) is 11.1 Å². The third kappa shape index (κ3) is 5.24. The molecule has 0 saturated heterocycles. The lowest BCUT2D eigenvalue weighted by atomic mass is 10.2. The number of nitrogens with zero attached hydrogens (tertiary/aromatic N) is 1. The Morgan fingerprint density at radius 1 is 1.04 bits per heavy atom. The van der Waals surface area contributed by atoms with Gasteiger partial charge in [0.2, 0.25) is 0 Å². The van der Waals surface area contributed by atoms with Crippen molar-refractivity contribution in [1.29, 1.82) is 0 Å². The number of carbonyl (C=O) groups is 1. The number of amides is 1. The number of rotatable bonds is 6. The second-order valence-corrected chi connectivity index (χ2v) is 7.49. The molecule has 0 aliphatic rings. The van der Waals surface area contributed by atoms with Crippen LogP contribution in [0.1, 0.15) is 22.2 Å². The Bertz CT molecular complexity index is 900. The van der Waals surface area contributed by atoms with E-state index in [9.17, 15) is 9.00 Å². The van der Waals surface area contributed by atoms with Crippen molar-refractivity contribution in [2.75, 3.05) is 0 Å². The van der Waals surface area contributed by atoms with E-state index in [1.54, 1.807) is 36.5 Å². The summed E-state index contributed by atoms with van der Waals surface area (Å²) < 4.78 is 18.3. The maximum absolute atomic E-state index is 13.1. The molecule has 6 heteroatoms. The summed E-state index contributed by atoms with van der Waals surface area (Å²) in [5, 5.41) is 1.88. The van der Waals surface area contributed by atoms with Crippen LogP contribution in [0, 0.1) is 6.92 Å². The first-order chi connectivity index (χ1) is 13.1. The van der Waals surface area contributed by atoms with E-state index in [-0.39, 0.29) is 6.61 Å². The molecule has 2 atom stereocenters. The number of ether oxygens (including phenoxy) is 1. The van der Waals surface area contributed by atoms with Gasteiger partial charge in [0.1, 0.15) is 6.61 Å². The summed E-state index contributed by atoms with van der Waals surface area (Å²) in [4.78, 5) is 17.2. The van der Waals surface area contributed by atoms with Gasteiger partial charge in [0.15, 0.2) is 5.37 Å². The molecule has 1 amide bonds. The van der Waals surface area contributed by atoms with Gasteiger partial charge >= 0.3 is 6.09 Å². The van der Waals surface area contributed by atoms with Crippen LogP contribution in [0.4, 0.5) is 4.79 Å². The molecular formula is C21H20N2O3S. The number of alkyl carbamates (subject to hydrolysis) is 1. The first-order valence-electron chi connectivity index (χ1n) is 8.49. The zero-order valence-electron chi connectivity index (χ0n) is 14.9. The monoisotopic (exact) mass is 380 g/mol. The first kappa shape index (κ1) is 18.8. The average Bonchev–Trinajstić information content (AvgIpc) is 2.72. The highest BCUT2D eigenvalue weighted by molar-refractivity contribution is 7.85. The lowest BCUT2D eigenvalue weighted by molar-refractivity contribution is 0.138. The minimum Gasteiger partial charge on any atom is -0.445 e. The molecule has 0 saturated carbocycles. The van der Waals surface area contributed by atoms with E-state index < -0.39 is 22.3 Å². The minimum atomic E-state index is -1.52. The SMILES string of the molecule is Cc1ccc(S(=O)C(NC(=O)OCc2ccccc2)c2ccccn2)cc1. The summed E-state index contributed by atoms with van der Waals surface area (Å²) in [6.45, 7) is 2.10. The van der Waals surface area contributed by atoms with E-state index >= 15 is 0 Å². The highest BCUT2D eigenvalue weighted by Crippen LogP contribution is 2.22. The van der Waals surface area contributed by atoms with Gasteiger partial charge in [0.05, 0.1) is 16.5 Å². The summed E-state index contributed by atoms with van der Waals surface area (Å²) >= 11 is 0. The van der Waals surface area contributed by atoms with Crippen LogP contribution in [0.15, 0.2) is 83.9 Å². The summed E-state index contributed by atoms with van der Waals surface area (Å²) in [7, 11) is -1.52. The van der Waals surface area contributed by atoms with Gasteiger partial charge in [-0.1, -0.05) is 54.1 Å². The fourth-order valence-corrected chi connectivity index (χ4v) is 3.69. The molecule has 138 valence electrons. The van der Waals surface area contributed by atoms with Crippen LogP contribution >= 0.6 is 0 Å². The van der Waals surface area contributed by atoms with Gasteiger partial charge in [-0.3, -0.25) is 9.19 Å². The van der Waals surface area contributed by atoms with Crippen molar-refractivity contribution in [2.24, 2.45) is 0 Å². The van der Waals surface area contributed by atoms with Gasteiger partial charge < -0.3 is 10.1 Å². The van der Waals surface area contributed by atoms with Crippen molar-refractivity contribution in [3.05, 3.63) is 95.8 Å². The molecule has 0 aliphatic heterocycles. The number of aryl methyl sites for hydroxylation is 1. The van der Waals surface area contributed by atoms with Gasteiger partial charge in [0.25, 0.3) is 0 Å². The van der Waals surface area contributed by atoms with Crippen molar-refractivity contribution < 1.29 is 13.7 Å². The molecule has 3 aromatic rings. The Balaban J connectivity index is 1.75.